The van der Waals surface area contributed by atoms with E-state index < -0.39 is 0 Å². The second-order valence-electron chi connectivity index (χ2n) is 6.54. The first-order valence-corrected chi connectivity index (χ1v) is 8.61. The van der Waals surface area contributed by atoms with Crippen LogP contribution in [0.2, 0.25) is 0 Å². The Labute approximate surface area is 130 Å². The summed E-state index contributed by atoms with van der Waals surface area (Å²) in [4.78, 5) is 7.25. The summed E-state index contributed by atoms with van der Waals surface area (Å²) in [5.74, 6) is 0.787. The molecule has 0 bridgehead atoms. The third kappa shape index (κ3) is 4.19. The Morgan fingerprint density at radius 1 is 1.29 bits per heavy atom. The molecule has 1 aliphatic rings. The van der Waals surface area contributed by atoms with Crippen molar-refractivity contribution in [3.63, 3.8) is 0 Å². The van der Waals surface area contributed by atoms with E-state index in [9.17, 15) is 0 Å². The minimum Gasteiger partial charge on any atom is -0.367 e. The van der Waals surface area contributed by atoms with Gasteiger partial charge in [-0.1, -0.05) is 20.8 Å². The summed E-state index contributed by atoms with van der Waals surface area (Å²) in [5, 5.41) is 3.57. The summed E-state index contributed by atoms with van der Waals surface area (Å²) in [6.07, 6.45) is 6.96. The smallest absolute Gasteiger partial charge is 0.0574 e. The lowest BCUT2D eigenvalue weighted by Crippen LogP contribution is -2.41. The molecule has 1 saturated heterocycles. The van der Waals surface area contributed by atoms with E-state index in [1.54, 1.807) is 0 Å². The van der Waals surface area contributed by atoms with Crippen LogP contribution in [-0.4, -0.2) is 24.1 Å². The maximum Gasteiger partial charge on any atom is 0.0574 e. The van der Waals surface area contributed by atoms with Crippen molar-refractivity contribution in [2.24, 2.45) is 5.92 Å². The molecule has 1 fully saturated rings. The zero-order chi connectivity index (χ0) is 15.2. The lowest BCUT2D eigenvalue weighted by molar-refractivity contribution is 0.390. The molecule has 3 nitrogen and oxygen atoms in total. The van der Waals surface area contributed by atoms with Crippen LogP contribution >= 0.6 is 0 Å². The van der Waals surface area contributed by atoms with Crippen LogP contribution in [0.3, 0.4) is 0 Å². The number of hydrogen-bond acceptors (Lipinski definition) is 3. The van der Waals surface area contributed by atoms with Crippen molar-refractivity contribution >= 4 is 5.69 Å². The van der Waals surface area contributed by atoms with Crippen molar-refractivity contribution in [2.75, 3.05) is 18.0 Å². The van der Waals surface area contributed by atoms with Gasteiger partial charge >= 0.3 is 0 Å². The SMILES string of the molecule is CCCNC(CC)c1ccc(N2CC(C)CCC2C)cn1. The molecule has 1 N–H and O–H groups in total. The van der Waals surface area contributed by atoms with Gasteiger partial charge in [0.1, 0.15) is 0 Å². The number of hydrogen-bond donors (Lipinski definition) is 1. The Morgan fingerprint density at radius 3 is 2.71 bits per heavy atom. The van der Waals surface area contributed by atoms with E-state index in [2.05, 4.69) is 56.2 Å². The van der Waals surface area contributed by atoms with Gasteiger partial charge in [-0.2, -0.15) is 0 Å². The molecule has 2 rings (SSSR count). The fourth-order valence-corrected chi connectivity index (χ4v) is 3.20. The van der Waals surface area contributed by atoms with E-state index in [0.717, 1.165) is 31.8 Å². The molecule has 0 amide bonds. The monoisotopic (exact) mass is 289 g/mol. The maximum absolute atomic E-state index is 4.73. The topological polar surface area (TPSA) is 28.2 Å². The molecule has 3 atom stereocenters. The van der Waals surface area contributed by atoms with E-state index in [-0.39, 0.29) is 0 Å². The van der Waals surface area contributed by atoms with E-state index in [4.69, 9.17) is 4.98 Å². The van der Waals surface area contributed by atoms with Gasteiger partial charge in [-0.05, 0) is 57.2 Å². The van der Waals surface area contributed by atoms with Gasteiger partial charge in [0.05, 0.1) is 17.6 Å². The Kier molecular flexibility index (Phi) is 6.04. The molecule has 0 aromatic carbocycles. The largest absolute Gasteiger partial charge is 0.367 e. The van der Waals surface area contributed by atoms with Crippen LogP contribution in [-0.2, 0) is 0 Å². The average molecular weight is 289 g/mol. The first-order chi connectivity index (χ1) is 10.2. The van der Waals surface area contributed by atoms with Crippen LogP contribution < -0.4 is 10.2 Å². The number of anilines is 1. The summed E-state index contributed by atoms with van der Waals surface area (Å²) in [6, 6.07) is 5.48. The first kappa shape index (κ1) is 16.3. The molecule has 1 aromatic heterocycles. The van der Waals surface area contributed by atoms with Crippen LogP contribution in [0, 0.1) is 5.92 Å². The summed E-state index contributed by atoms with van der Waals surface area (Å²) in [7, 11) is 0. The summed E-state index contributed by atoms with van der Waals surface area (Å²) in [6.45, 7) is 11.3. The maximum atomic E-state index is 4.73. The molecule has 1 aromatic rings. The van der Waals surface area contributed by atoms with Crippen molar-refractivity contribution in [2.45, 2.75) is 65.5 Å². The van der Waals surface area contributed by atoms with Gasteiger partial charge in [0.25, 0.3) is 0 Å². The van der Waals surface area contributed by atoms with Gasteiger partial charge in [0.2, 0.25) is 0 Å². The van der Waals surface area contributed by atoms with Gasteiger partial charge in [-0.15, -0.1) is 0 Å². The number of rotatable bonds is 6. The van der Waals surface area contributed by atoms with E-state index in [0.29, 0.717) is 12.1 Å². The van der Waals surface area contributed by atoms with Gasteiger partial charge in [0, 0.05) is 18.6 Å². The first-order valence-electron chi connectivity index (χ1n) is 8.61. The zero-order valence-corrected chi connectivity index (χ0v) is 14.1. The summed E-state index contributed by atoms with van der Waals surface area (Å²) in [5.41, 5.74) is 2.45. The standard InChI is InChI=1S/C18H31N3/c1-5-11-19-17(6-2)18-10-9-16(12-20-18)21-13-14(3)7-8-15(21)4/h9-10,12,14-15,17,19H,5-8,11,13H2,1-4H3. The third-order valence-corrected chi connectivity index (χ3v) is 4.63. The van der Waals surface area contributed by atoms with E-state index in [1.807, 2.05) is 0 Å². The molecule has 21 heavy (non-hydrogen) atoms. The Balaban J connectivity index is 2.06. The highest BCUT2D eigenvalue weighted by Gasteiger charge is 2.23. The lowest BCUT2D eigenvalue weighted by atomic mass is 9.94. The lowest BCUT2D eigenvalue weighted by Gasteiger charge is -2.38. The van der Waals surface area contributed by atoms with Gasteiger partial charge in [-0.3, -0.25) is 4.98 Å². The van der Waals surface area contributed by atoms with Gasteiger partial charge in [-0.25, -0.2) is 0 Å². The molecule has 1 aliphatic heterocycles. The minimum atomic E-state index is 0.386. The molecule has 2 heterocycles. The highest BCUT2D eigenvalue weighted by Crippen LogP contribution is 2.27. The molecule has 3 unspecified atom stereocenters. The van der Waals surface area contributed by atoms with Crippen LogP contribution in [0.15, 0.2) is 18.3 Å². The number of nitrogens with zero attached hydrogens (tertiary/aromatic N) is 2. The molecule has 0 radical (unpaired) electrons. The predicted octanol–water partition coefficient (Wildman–Crippen LogP) is 4.16. The zero-order valence-electron chi connectivity index (χ0n) is 14.1. The number of aromatic nitrogens is 1. The Morgan fingerprint density at radius 2 is 2.10 bits per heavy atom. The molecule has 0 aliphatic carbocycles. The predicted molar refractivity (Wildman–Crippen MR) is 90.8 cm³/mol. The fourth-order valence-electron chi connectivity index (χ4n) is 3.20. The van der Waals surface area contributed by atoms with Crippen LogP contribution in [0.4, 0.5) is 5.69 Å². The molecule has 3 heteroatoms. The van der Waals surface area contributed by atoms with Crippen LogP contribution in [0.5, 0.6) is 0 Å². The second kappa shape index (κ2) is 7.79. The average Bonchev–Trinajstić information content (AvgIpc) is 2.51. The molecule has 0 saturated carbocycles. The Hall–Kier alpha value is -1.09. The van der Waals surface area contributed by atoms with Crippen molar-refractivity contribution in [1.82, 2.24) is 10.3 Å². The van der Waals surface area contributed by atoms with Crippen molar-refractivity contribution in [1.29, 1.82) is 0 Å². The quantitative estimate of drug-likeness (QED) is 0.852. The molecule has 0 spiro atoms. The molecular weight excluding hydrogens is 258 g/mol. The van der Waals surface area contributed by atoms with Gasteiger partial charge in [0.15, 0.2) is 0 Å². The van der Waals surface area contributed by atoms with E-state index >= 15 is 0 Å². The van der Waals surface area contributed by atoms with Crippen LogP contribution in [0.25, 0.3) is 0 Å². The number of piperidine rings is 1. The highest BCUT2D eigenvalue weighted by atomic mass is 15.2. The molecule has 118 valence electrons. The number of nitrogens with one attached hydrogen (secondary N) is 1. The highest BCUT2D eigenvalue weighted by molar-refractivity contribution is 5.46. The Bertz CT molecular complexity index is 415. The van der Waals surface area contributed by atoms with Crippen molar-refractivity contribution < 1.29 is 0 Å². The second-order valence-corrected chi connectivity index (χ2v) is 6.54. The molecular formula is C18H31N3. The van der Waals surface area contributed by atoms with Gasteiger partial charge < -0.3 is 10.2 Å². The van der Waals surface area contributed by atoms with E-state index in [1.165, 1.54) is 24.2 Å². The third-order valence-electron chi connectivity index (χ3n) is 4.63. The summed E-state index contributed by atoms with van der Waals surface area (Å²) >= 11 is 0. The van der Waals surface area contributed by atoms with Crippen molar-refractivity contribution in [3.05, 3.63) is 24.0 Å². The number of pyridine rings is 1. The fraction of sp³-hybridized carbons (Fsp3) is 0.722. The van der Waals surface area contributed by atoms with Crippen molar-refractivity contribution in [3.8, 4) is 0 Å². The summed E-state index contributed by atoms with van der Waals surface area (Å²) < 4.78 is 0. The van der Waals surface area contributed by atoms with Crippen LogP contribution in [0.1, 0.15) is 65.1 Å². The minimum absolute atomic E-state index is 0.386. The normalized spacial score (nSPS) is 24.1.